The van der Waals surface area contributed by atoms with Gasteiger partial charge in [-0.2, -0.15) is 5.10 Å². The Bertz CT molecular complexity index is 621. The molecule has 20 heavy (non-hydrogen) atoms. The van der Waals surface area contributed by atoms with Gasteiger partial charge in [0.15, 0.2) is 6.23 Å². The second-order valence-electron chi connectivity index (χ2n) is 4.45. The Hall–Kier alpha value is -1.26. The molecule has 3 N–H and O–H groups in total. The summed E-state index contributed by atoms with van der Waals surface area (Å²) >= 11 is 1.44. The molecule has 4 atom stereocenters. The summed E-state index contributed by atoms with van der Waals surface area (Å²) in [6, 6.07) is 0. The maximum atomic E-state index is 9.98. The fraction of sp³-hybridized carbons (Fsp3) is 0.545. The molecule has 8 nitrogen and oxygen atoms in total. The SMILES string of the molecule is CSc1ncnc2cn([C@@H]3O[C@H](CO)[C@@H](O)[C@H]3O)nc12. The molecule has 0 saturated carbocycles. The average Bonchev–Trinajstić information content (AvgIpc) is 3.01. The predicted molar refractivity (Wildman–Crippen MR) is 70.1 cm³/mol. The molecule has 108 valence electrons. The third kappa shape index (κ3) is 2.07. The number of ether oxygens (including phenoxy) is 1. The van der Waals surface area contributed by atoms with Crippen LogP contribution in [0.1, 0.15) is 6.23 Å². The number of nitrogens with zero attached hydrogens (tertiary/aromatic N) is 4. The lowest BCUT2D eigenvalue weighted by Crippen LogP contribution is -2.33. The van der Waals surface area contributed by atoms with Crippen molar-refractivity contribution in [2.45, 2.75) is 29.6 Å². The minimum Gasteiger partial charge on any atom is -0.394 e. The van der Waals surface area contributed by atoms with Crippen molar-refractivity contribution in [3.63, 3.8) is 0 Å². The molecular weight excluding hydrogens is 284 g/mol. The second-order valence-corrected chi connectivity index (χ2v) is 5.25. The maximum Gasteiger partial charge on any atom is 0.179 e. The number of aliphatic hydroxyl groups is 3. The molecule has 2 aromatic heterocycles. The Morgan fingerprint density at radius 3 is 2.80 bits per heavy atom. The number of hydrogen-bond acceptors (Lipinski definition) is 8. The van der Waals surface area contributed by atoms with E-state index in [9.17, 15) is 10.2 Å². The maximum absolute atomic E-state index is 9.98. The van der Waals surface area contributed by atoms with Gasteiger partial charge in [-0.3, -0.25) is 0 Å². The van der Waals surface area contributed by atoms with Crippen LogP contribution in [0.2, 0.25) is 0 Å². The van der Waals surface area contributed by atoms with Gasteiger partial charge in [0.1, 0.15) is 40.7 Å². The number of aliphatic hydroxyl groups excluding tert-OH is 3. The van der Waals surface area contributed by atoms with Crippen LogP contribution in [0, 0.1) is 0 Å². The number of aromatic nitrogens is 4. The van der Waals surface area contributed by atoms with Crippen LogP contribution in [0.25, 0.3) is 11.0 Å². The van der Waals surface area contributed by atoms with Crippen LogP contribution in [0.3, 0.4) is 0 Å². The van der Waals surface area contributed by atoms with Gasteiger partial charge in [-0.15, -0.1) is 11.8 Å². The van der Waals surface area contributed by atoms with Gasteiger partial charge >= 0.3 is 0 Å². The molecule has 2 aromatic rings. The summed E-state index contributed by atoms with van der Waals surface area (Å²) in [6.07, 6.45) is 0.956. The van der Waals surface area contributed by atoms with E-state index in [0.29, 0.717) is 11.0 Å². The van der Waals surface area contributed by atoms with Crippen LogP contribution < -0.4 is 0 Å². The van der Waals surface area contributed by atoms with E-state index in [1.165, 1.54) is 22.8 Å². The summed E-state index contributed by atoms with van der Waals surface area (Å²) in [5.74, 6) is 0. The van der Waals surface area contributed by atoms with Gasteiger partial charge in [0.25, 0.3) is 0 Å². The lowest BCUT2D eigenvalue weighted by molar-refractivity contribution is -0.0583. The molecule has 0 radical (unpaired) electrons. The van der Waals surface area contributed by atoms with Crippen LogP contribution in [0.15, 0.2) is 17.6 Å². The molecule has 9 heteroatoms. The largest absolute Gasteiger partial charge is 0.394 e. The Kier molecular flexibility index (Phi) is 3.61. The molecule has 0 amide bonds. The summed E-state index contributed by atoms with van der Waals surface area (Å²) < 4.78 is 6.83. The van der Waals surface area contributed by atoms with E-state index in [2.05, 4.69) is 15.1 Å². The summed E-state index contributed by atoms with van der Waals surface area (Å²) in [5.41, 5.74) is 1.24. The highest BCUT2D eigenvalue weighted by atomic mass is 32.2. The van der Waals surface area contributed by atoms with Crippen molar-refractivity contribution < 1.29 is 20.1 Å². The molecule has 0 unspecified atom stereocenters. The number of fused-ring (bicyclic) bond motifs is 1. The Balaban J connectivity index is 1.99. The molecule has 0 spiro atoms. The Morgan fingerprint density at radius 2 is 2.15 bits per heavy atom. The van der Waals surface area contributed by atoms with Gasteiger partial charge < -0.3 is 20.1 Å². The first-order valence-corrected chi connectivity index (χ1v) is 7.24. The van der Waals surface area contributed by atoms with Gasteiger partial charge in [0.05, 0.1) is 12.8 Å². The number of rotatable bonds is 3. The summed E-state index contributed by atoms with van der Waals surface area (Å²) in [5, 5.41) is 33.9. The average molecular weight is 298 g/mol. The lowest BCUT2D eigenvalue weighted by Gasteiger charge is -2.14. The fourth-order valence-corrected chi connectivity index (χ4v) is 2.70. The molecular formula is C11H14N4O4S. The van der Waals surface area contributed by atoms with Gasteiger partial charge in [-0.05, 0) is 6.26 Å². The van der Waals surface area contributed by atoms with Crippen LogP contribution >= 0.6 is 11.8 Å². The van der Waals surface area contributed by atoms with E-state index in [4.69, 9.17) is 9.84 Å². The van der Waals surface area contributed by atoms with Crippen LogP contribution in [0.4, 0.5) is 0 Å². The predicted octanol–water partition coefficient (Wildman–Crippen LogP) is -0.840. The Morgan fingerprint density at radius 1 is 1.35 bits per heavy atom. The third-order valence-corrected chi connectivity index (χ3v) is 3.94. The van der Waals surface area contributed by atoms with Gasteiger partial charge in [0, 0.05) is 0 Å². The highest BCUT2D eigenvalue weighted by molar-refractivity contribution is 7.98. The summed E-state index contributed by atoms with van der Waals surface area (Å²) in [4.78, 5) is 8.22. The van der Waals surface area contributed by atoms with Crippen molar-refractivity contribution in [3.8, 4) is 0 Å². The molecule has 0 aliphatic carbocycles. The van der Waals surface area contributed by atoms with Crippen molar-refractivity contribution >= 4 is 22.8 Å². The zero-order chi connectivity index (χ0) is 14.3. The first kappa shape index (κ1) is 13.7. The van der Waals surface area contributed by atoms with E-state index in [0.717, 1.165) is 5.03 Å². The van der Waals surface area contributed by atoms with Crippen molar-refractivity contribution in [2.24, 2.45) is 0 Å². The zero-order valence-electron chi connectivity index (χ0n) is 10.6. The summed E-state index contributed by atoms with van der Waals surface area (Å²) in [6.45, 7) is -0.370. The molecule has 1 aliphatic heterocycles. The van der Waals surface area contributed by atoms with E-state index in [-0.39, 0.29) is 6.61 Å². The molecule has 3 heterocycles. The third-order valence-electron chi connectivity index (χ3n) is 3.26. The first-order valence-electron chi connectivity index (χ1n) is 6.02. The van der Waals surface area contributed by atoms with Crippen LogP contribution in [-0.2, 0) is 4.74 Å². The van der Waals surface area contributed by atoms with E-state index < -0.39 is 24.5 Å². The molecule has 0 aromatic carbocycles. The van der Waals surface area contributed by atoms with Crippen LogP contribution in [0.5, 0.6) is 0 Å². The first-order chi connectivity index (χ1) is 9.65. The standard InChI is InChI=1S/C11H14N4O4S/c1-20-10-7-5(12-4-13-10)2-15(14-7)11-9(18)8(17)6(3-16)19-11/h2,4,6,8-9,11,16-18H,3H2,1H3/t6-,8-,9-,11-/m1/s1. The van der Waals surface area contributed by atoms with Gasteiger partial charge in [-0.1, -0.05) is 0 Å². The monoisotopic (exact) mass is 298 g/mol. The molecule has 1 fully saturated rings. The van der Waals surface area contributed by atoms with Crippen molar-refractivity contribution in [3.05, 3.63) is 12.5 Å². The van der Waals surface area contributed by atoms with E-state index in [1.54, 1.807) is 6.20 Å². The lowest BCUT2D eigenvalue weighted by atomic mass is 10.1. The molecule has 1 aliphatic rings. The topological polar surface area (TPSA) is 114 Å². The quantitative estimate of drug-likeness (QED) is 0.496. The van der Waals surface area contributed by atoms with E-state index in [1.807, 2.05) is 6.26 Å². The molecule has 0 bridgehead atoms. The van der Waals surface area contributed by atoms with E-state index >= 15 is 0 Å². The highest BCUT2D eigenvalue weighted by Gasteiger charge is 2.43. The fourth-order valence-electron chi connectivity index (χ4n) is 2.21. The van der Waals surface area contributed by atoms with Crippen molar-refractivity contribution in [2.75, 3.05) is 12.9 Å². The zero-order valence-corrected chi connectivity index (χ0v) is 11.4. The number of thioether (sulfide) groups is 1. The summed E-state index contributed by atoms with van der Waals surface area (Å²) in [7, 11) is 0. The second kappa shape index (κ2) is 5.26. The molecule has 1 saturated heterocycles. The van der Waals surface area contributed by atoms with Gasteiger partial charge in [-0.25, -0.2) is 14.6 Å². The highest BCUT2D eigenvalue weighted by Crippen LogP contribution is 2.30. The minimum absolute atomic E-state index is 0.370. The Labute approximate surface area is 118 Å². The minimum atomic E-state index is -1.16. The smallest absolute Gasteiger partial charge is 0.179 e. The van der Waals surface area contributed by atoms with Gasteiger partial charge in [0.2, 0.25) is 0 Å². The van der Waals surface area contributed by atoms with Crippen LogP contribution in [-0.4, -0.2) is 66.2 Å². The number of hydrogen-bond donors (Lipinski definition) is 3. The molecule has 3 rings (SSSR count). The van der Waals surface area contributed by atoms with Crippen molar-refractivity contribution in [1.29, 1.82) is 0 Å². The normalized spacial score (nSPS) is 30.2. The van der Waals surface area contributed by atoms with Crippen molar-refractivity contribution in [1.82, 2.24) is 19.7 Å².